The third-order valence-corrected chi connectivity index (χ3v) is 4.66. The Hall–Kier alpha value is -0.780. The molecule has 3 rings (SSSR count). The molecule has 1 heterocycles. The van der Waals surface area contributed by atoms with Crippen LogP contribution in [0.5, 0.6) is 0 Å². The maximum Gasteiger partial charge on any atom is 0.129 e. The van der Waals surface area contributed by atoms with Crippen molar-refractivity contribution in [2.75, 3.05) is 0 Å². The van der Waals surface area contributed by atoms with E-state index in [0.29, 0.717) is 11.6 Å². The van der Waals surface area contributed by atoms with Gasteiger partial charge in [0.15, 0.2) is 0 Å². The molecule has 1 unspecified atom stereocenters. The van der Waals surface area contributed by atoms with Crippen LogP contribution in [0.2, 0.25) is 0 Å². The van der Waals surface area contributed by atoms with Crippen molar-refractivity contribution in [3.63, 3.8) is 0 Å². The molecule has 1 aliphatic rings. The van der Waals surface area contributed by atoms with Gasteiger partial charge in [-0.3, -0.25) is 0 Å². The quantitative estimate of drug-likeness (QED) is 0.902. The van der Waals surface area contributed by atoms with Gasteiger partial charge in [0.1, 0.15) is 10.8 Å². The zero-order chi connectivity index (χ0) is 13.4. The monoisotopic (exact) mass is 340 g/mol. The molecule has 1 aromatic heterocycles. The minimum Gasteiger partial charge on any atom is -0.301 e. The first-order chi connectivity index (χ1) is 9.13. The molecule has 0 saturated heterocycles. The SMILES string of the molecule is Cc1csc(C(NC2CC2)c2ccc(Br)cc2F)n1. The molecule has 2 nitrogen and oxygen atoms in total. The number of thiazole rings is 1. The first-order valence-corrected chi connectivity index (χ1v) is 7.94. The molecule has 0 amide bonds. The van der Waals surface area contributed by atoms with Gasteiger partial charge in [0, 0.05) is 27.2 Å². The molecule has 1 atom stereocenters. The number of benzene rings is 1. The summed E-state index contributed by atoms with van der Waals surface area (Å²) in [6, 6.07) is 5.57. The molecule has 1 fully saturated rings. The summed E-state index contributed by atoms with van der Waals surface area (Å²) in [5.74, 6) is -0.194. The van der Waals surface area contributed by atoms with Gasteiger partial charge in [0.25, 0.3) is 0 Å². The Kier molecular flexibility index (Phi) is 3.69. The molecule has 0 aliphatic heterocycles. The number of rotatable bonds is 4. The normalized spacial score (nSPS) is 16.6. The van der Waals surface area contributed by atoms with E-state index >= 15 is 0 Å². The summed E-state index contributed by atoms with van der Waals surface area (Å²) < 4.78 is 14.9. The van der Waals surface area contributed by atoms with E-state index in [-0.39, 0.29) is 11.9 Å². The van der Waals surface area contributed by atoms with Crippen molar-refractivity contribution < 1.29 is 4.39 Å². The number of hydrogen-bond acceptors (Lipinski definition) is 3. The van der Waals surface area contributed by atoms with Gasteiger partial charge in [0.2, 0.25) is 0 Å². The minimum absolute atomic E-state index is 0.140. The van der Waals surface area contributed by atoms with Crippen LogP contribution in [0.4, 0.5) is 4.39 Å². The molecular formula is C14H14BrFN2S. The molecule has 2 aromatic rings. The van der Waals surface area contributed by atoms with Gasteiger partial charge < -0.3 is 5.32 Å². The second-order valence-corrected chi connectivity index (χ2v) is 6.67. The van der Waals surface area contributed by atoms with E-state index in [2.05, 4.69) is 26.2 Å². The molecule has 0 bridgehead atoms. The van der Waals surface area contributed by atoms with Gasteiger partial charge in [-0.25, -0.2) is 9.37 Å². The van der Waals surface area contributed by atoms with Crippen LogP contribution in [0, 0.1) is 12.7 Å². The molecule has 100 valence electrons. The summed E-state index contributed by atoms with van der Waals surface area (Å²) in [5, 5.41) is 6.43. The van der Waals surface area contributed by atoms with E-state index in [0.717, 1.165) is 15.2 Å². The van der Waals surface area contributed by atoms with Crippen LogP contribution in [-0.4, -0.2) is 11.0 Å². The van der Waals surface area contributed by atoms with Crippen molar-refractivity contribution in [3.8, 4) is 0 Å². The lowest BCUT2D eigenvalue weighted by molar-refractivity contribution is 0.544. The standard InChI is InChI=1S/C14H14BrFN2S/c1-8-7-19-14(17-8)13(18-10-3-4-10)11-5-2-9(15)6-12(11)16/h2,5-7,10,13,18H,3-4H2,1H3. The van der Waals surface area contributed by atoms with Gasteiger partial charge in [0.05, 0.1) is 6.04 Å². The van der Waals surface area contributed by atoms with Crippen LogP contribution in [0.3, 0.4) is 0 Å². The summed E-state index contributed by atoms with van der Waals surface area (Å²) in [7, 11) is 0. The average Bonchev–Trinajstić information content (AvgIpc) is 3.08. The summed E-state index contributed by atoms with van der Waals surface area (Å²) >= 11 is 4.88. The van der Waals surface area contributed by atoms with Crippen LogP contribution in [0.15, 0.2) is 28.1 Å². The van der Waals surface area contributed by atoms with E-state index in [4.69, 9.17) is 0 Å². The van der Waals surface area contributed by atoms with Gasteiger partial charge in [-0.2, -0.15) is 0 Å². The number of halogens is 2. The number of nitrogens with zero attached hydrogens (tertiary/aromatic N) is 1. The van der Waals surface area contributed by atoms with Crippen molar-refractivity contribution in [2.45, 2.75) is 31.8 Å². The van der Waals surface area contributed by atoms with Crippen LogP contribution in [0.1, 0.15) is 35.1 Å². The first kappa shape index (κ1) is 13.2. The van der Waals surface area contributed by atoms with Crippen molar-refractivity contribution >= 4 is 27.3 Å². The van der Waals surface area contributed by atoms with Crippen molar-refractivity contribution in [1.29, 1.82) is 0 Å². The smallest absolute Gasteiger partial charge is 0.129 e. The summed E-state index contributed by atoms with van der Waals surface area (Å²) in [5.41, 5.74) is 1.66. The highest BCUT2D eigenvalue weighted by Crippen LogP contribution is 2.32. The number of aromatic nitrogens is 1. The topological polar surface area (TPSA) is 24.9 Å². The van der Waals surface area contributed by atoms with Gasteiger partial charge in [-0.05, 0) is 31.9 Å². The minimum atomic E-state index is -0.194. The molecule has 1 N–H and O–H groups in total. The van der Waals surface area contributed by atoms with Crippen LogP contribution in [-0.2, 0) is 0 Å². The van der Waals surface area contributed by atoms with Crippen molar-refractivity contribution in [1.82, 2.24) is 10.3 Å². The predicted molar refractivity (Wildman–Crippen MR) is 79.0 cm³/mol. The van der Waals surface area contributed by atoms with E-state index in [1.54, 1.807) is 11.3 Å². The molecule has 1 aromatic carbocycles. The average molecular weight is 341 g/mol. The fourth-order valence-electron chi connectivity index (χ4n) is 2.02. The van der Waals surface area contributed by atoms with Gasteiger partial charge >= 0.3 is 0 Å². The number of nitrogens with one attached hydrogen (secondary N) is 1. The number of aryl methyl sites for hydroxylation is 1. The Morgan fingerprint density at radius 2 is 2.26 bits per heavy atom. The fraction of sp³-hybridized carbons (Fsp3) is 0.357. The Labute approximate surface area is 124 Å². The van der Waals surface area contributed by atoms with Crippen LogP contribution in [0.25, 0.3) is 0 Å². The van der Waals surface area contributed by atoms with Crippen molar-refractivity contribution in [2.24, 2.45) is 0 Å². The molecule has 1 saturated carbocycles. The molecule has 1 aliphatic carbocycles. The van der Waals surface area contributed by atoms with Gasteiger partial charge in [-0.1, -0.05) is 22.0 Å². The first-order valence-electron chi connectivity index (χ1n) is 6.26. The fourth-order valence-corrected chi connectivity index (χ4v) is 3.23. The van der Waals surface area contributed by atoms with E-state index in [1.807, 2.05) is 24.4 Å². The summed E-state index contributed by atoms with van der Waals surface area (Å²) in [4.78, 5) is 4.51. The van der Waals surface area contributed by atoms with Crippen molar-refractivity contribution in [3.05, 3.63) is 50.1 Å². The molecule has 19 heavy (non-hydrogen) atoms. The molecule has 5 heteroatoms. The number of hydrogen-bond donors (Lipinski definition) is 1. The van der Waals surface area contributed by atoms with Crippen LogP contribution >= 0.6 is 27.3 Å². The second-order valence-electron chi connectivity index (χ2n) is 4.87. The zero-order valence-electron chi connectivity index (χ0n) is 10.5. The van der Waals surface area contributed by atoms with Crippen LogP contribution < -0.4 is 5.32 Å². The van der Waals surface area contributed by atoms with E-state index in [1.165, 1.54) is 18.9 Å². The lowest BCUT2D eigenvalue weighted by Gasteiger charge is -2.17. The predicted octanol–water partition coefficient (Wildman–Crippen LogP) is 4.19. The lowest BCUT2D eigenvalue weighted by Crippen LogP contribution is -2.25. The third kappa shape index (κ3) is 3.04. The Morgan fingerprint density at radius 3 is 2.84 bits per heavy atom. The van der Waals surface area contributed by atoms with Gasteiger partial charge in [-0.15, -0.1) is 11.3 Å². The Bertz CT molecular complexity index is 595. The van der Waals surface area contributed by atoms with E-state index < -0.39 is 0 Å². The lowest BCUT2D eigenvalue weighted by atomic mass is 10.1. The highest BCUT2D eigenvalue weighted by atomic mass is 79.9. The summed E-state index contributed by atoms with van der Waals surface area (Å²) in [6.45, 7) is 1.96. The molecular weight excluding hydrogens is 327 g/mol. The maximum absolute atomic E-state index is 14.2. The highest BCUT2D eigenvalue weighted by Gasteiger charge is 2.29. The maximum atomic E-state index is 14.2. The largest absolute Gasteiger partial charge is 0.301 e. The Morgan fingerprint density at radius 1 is 1.47 bits per heavy atom. The highest BCUT2D eigenvalue weighted by molar-refractivity contribution is 9.10. The van der Waals surface area contributed by atoms with E-state index in [9.17, 15) is 4.39 Å². The third-order valence-electron chi connectivity index (χ3n) is 3.14. The second kappa shape index (κ2) is 5.31. The molecule has 0 radical (unpaired) electrons. The summed E-state index contributed by atoms with van der Waals surface area (Å²) in [6.07, 6.45) is 2.33. The molecule has 0 spiro atoms. The Balaban J connectivity index is 1.97. The zero-order valence-corrected chi connectivity index (χ0v) is 12.9.